The molecule has 1 amide bonds. The molecular formula is C23H22N2O4. The van der Waals surface area contributed by atoms with Crippen molar-refractivity contribution in [2.75, 3.05) is 6.54 Å². The summed E-state index contributed by atoms with van der Waals surface area (Å²) in [5.74, 6) is -0.675. The number of nitrogens with zero attached hydrogens (tertiary/aromatic N) is 1. The van der Waals surface area contributed by atoms with Gasteiger partial charge in [0.2, 0.25) is 11.7 Å². The molecule has 0 saturated carbocycles. The quantitative estimate of drug-likeness (QED) is 0.514. The second-order valence-corrected chi connectivity index (χ2v) is 7.28. The van der Waals surface area contributed by atoms with Crippen LogP contribution < -0.4 is 0 Å². The summed E-state index contributed by atoms with van der Waals surface area (Å²) in [7, 11) is 0. The molecule has 0 spiro atoms. The average molecular weight is 390 g/mol. The first kappa shape index (κ1) is 18.9. The van der Waals surface area contributed by atoms with Crippen LogP contribution in [0.2, 0.25) is 0 Å². The minimum atomic E-state index is -0.912. The van der Waals surface area contributed by atoms with Gasteiger partial charge in [-0.25, -0.2) is 4.79 Å². The maximum Gasteiger partial charge on any atom is 0.338 e. The van der Waals surface area contributed by atoms with Crippen molar-refractivity contribution in [3.05, 3.63) is 71.4 Å². The summed E-state index contributed by atoms with van der Waals surface area (Å²) >= 11 is 0. The summed E-state index contributed by atoms with van der Waals surface area (Å²) < 4.78 is 5.43. The number of carbonyl (C=O) groups is 3. The number of aromatic amines is 1. The van der Waals surface area contributed by atoms with Crippen LogP contribution in [0.15, 0.2) is 54.7 Å². The fourth-order valence-corrected chi connectivity index (χ4v) is 3.66. The summed E-state index contributed by atoms with van der Waals surface area (Å²) in [5.41, 5.74) is 2.60. The Bertz CT molecular complexity index is 1090. The predicted molar refractivity (Wildman–Crippen MR) is 109 cm³/mol. The van der Waals surface area contributed by atoms with Crippen LogP contribution in [0.5, 0.6) is 0 Å². The molecule has 6 heteroatoms. The van der Waals surface area contributed by atoms with E-state index in [1.54, 1.807) is 36.2 Å². The van der Waals surface area contributed by atoms with E-state index in [1.807, 2.05) is 30.3 Å². The third-order valence-corrected chi connectivity index (χ3v) is 5.22. The van der Waals surface area contributed by atoms with E-state index >= 15 is 0 Å². The second kappa shape index (κ2) is 7.91. The molecule has 1 fully saturated rings. The number of fused-ring (bicyclic) bond motifs is 1. The molecule has 1 saturated heterocycles. The van der Waals surface area contributed by atoms with Gasteiger partial charge in [0.1, 0.15) is 0 Å². The number of benzene rings is 2. The number of carbonyl (C=O) groups excluding carboxylic acids is 3. The fourth-order valence-electron chi connectivity index (χ4n) is 3.66. The zero-order chi connectivity index (χ0) is 20.4. The maximum atomic E-state index is 12.8. The Kier molecular flexibility index (Phi) is 5.16. The molecule has 2 heterocycles. The Balaban J connectivity index is 1.45. The van der Waals surface area contributed by atoms with Gasteiger partial charge < -0.3 is 14.6 Å². The molecule has 1 aliphatic rings. The van der Waals surface area contributed by atoms with E-state index in [1.165, 1.54) is 0 Å². The van der Waals surface area contributed by atoms with Crippen molar-refractivity contribution in [2.45, 2.75) is 32.4 Å². The minimum Gasteiger partial charge on any atom is -0.451 e. The topological polar surface area (TPSA) is 79.5 Å². The molecule has 3 aromatic rings. The van der Waals surface area contributed by atoms with Crippen molar-refractivity contribution in [3.8, 4) is 0 Å². The van der Waals surface area contributed by atoms with Crippen molar-refractivity contribution in [1.29, 1.82) is 0 Å². The van der Waals surface area contributed by atoms with Crippen LogP contribution in [-0.2, 0) is 16.1 Å². The number of esters is 1. The first-order valence-corrected chi connectivity index (χ1v) is 9.71. The van der Waals surface area contributed by atoms with E-state index < -0.39 is 12.1 Å². The maximum absolute atomic E-state index is 12.8. The summed E-state index contributed by atoms with van der Waals surface area (Å²) in [6.07, 6.45) is 2.18. The number of hydrogen-bond acceptors (Lipinski definition) is 4. The summed E-state index contributed by atoms with van der Waals surface area (Å²) in [6.45, 7) is 2.79. The second-order valence-electron chi connectivity index (χ2n) is 7.28. The molecule has 1 aliphatic heterocycles. The molecule has 0 bridgehead atoms. The molecule has 148 valence electrons. The zero-order valence-electron chi connectivity index (χ0n) is 16.2. The van der Waals surface area contributed by atoms with E-state index in [4.69, 9.17) is 4.74 Å². The smallest absolute Gasteiger partial charge is 0.338 e. The molecule has 4 rings (SSSR count). The molecule has 6 nitrogen and oxygen atoms in total. The highest BCUT2D eigenvalue weighted by molar-refractivity contribution is 6.10. The van der Waals surface area contributed by atoms with Crippen LogP contribution >= 0.6 is 0 Å². The van der Waals surface area contributed by atoms with Gasteiger partial charge in [0.15, 0.2) is 6.10 Å². The lowest BCUT2D eigenvalue weighted by molar-refractivity contribution is -0.128. The number of ketones is 1. The summed E-state index contributed by atoms with van der Waals surface area (Å²) in [6, 6.07) is 14.5. The number of ether oxygens (including phenoxy) is 1. The fraction of sp³-hybridized carbons (Fsp3) is 0.261. The monoisotopic (exact) mass is 390 g/mol. The third kappa shape index (κ3) is 3.92. The Morgan fingerprint density at radius 2 is 2.00 bits per heavy atom. The molecule has 0 radical (unpaired) electrons. The molecular weight excluding hydrogens is 368 g/mol. The van der Waals surface area contributed by atoms with Crippen molar-refractivity contribution < 1.29 is 19.1 Å². The number of likely N-dealkylation sites (tertiary alicyclic amines) is 1. The van der Waals surface area contributed by atoms with Gasteiger partial charge in [0, 0.05) is 42.2 Å². The third-order valence-electron chi connectivity index (χ3n) is 5.22. The van der Waals surface area contributed by atoms with Crippen molar-refractivity contribution in [1.82, 2.24) is 9.88 Å². The number of nitrogens with one attached hydrogen (secondary N) is 1. The highest BCUT2D eigenvalue weighted by Crippen LogP contribution is 2.21. The number of H-pyrrole nitrogens is 1. The molecule has 1 N–H and O–H groups in total. The first-order valence-electron chi connectivity index (χ1n) is 9.71. The minimum absolute atomic E-state index is 0.135. The molecule has 1 unspecified atom stereocenters. The molecule has 2 aromatic carbocycles. The van der Waals surface area contributed by atoms with Gasteiger partial charge in [-0.05, 0) is 37.1 Å². The van der Waals surface area contributed by atoms with Gasteiger partial charge in [-0.3, -0.25) is 9.59 Å². The van der Waals surface area contributed by atoms with Gasteiger partial charge in [0.05, 0.1) is 5.56 Å². The number of Topliss-reactive ketones (excluding diaryl/α,β-unsaturated/α-hetero) is 1. The molecule has 29 heavy (non-hydrogen) atoms. The van der Waals surface area contributed by atoms with E-state index in [0.717, 1.165) is 29.4 Å². The summed E-state index contributed by atoms with van der Waals surface area (Å²) in [4.78, 5) is 42.0. The number of rotatable bonds is 6. The lowest BCUT2D eigenvalue weighted by atomic mass is 10.1. The van der Waals surface area contributed by atoms with Gasteiger partial charge >= 0.3 is 5.97 Å². The van der Waals surface area contributed by atoms with E-state index in [9.17, 15) is 14.4 Å². The molecule has 0 aliphatic carbocycles. The Hall–Kier alpha value is -3.41. The standard InChI is InChI=1S/C23H22N2O4/c1-15(22(27)19-13-24-20-9-3-2-8-18(19)20)29-23(28)17-7-4-6-16(12-17)14-25-11-5-10-21(25)26/h2-4,6-9,12-13,15,24H,5,10-11,14H2,1H3. The van der Waals surface area contributed by atoms with Gasteiger partial charge in [-0.15, -0.1) is 0 Å². The Labute approximate surface area is 168 Å². The lowest BCUT2D eigenvalue weighted by Gasteiger charge is -2.16. The highest BCUT2D eigenvalue weighted by atomic mass is 16.5. The number of hydrogen-bond donors (Lipinski definition) is 1. The Morgan fingerprint density at radius 1 is 1.17 bits per heavy atom. The predicted octanol–water partition coefficient (Wildman–Crippen LogP) is 3.72. The molecule has 1 atom stereocenters. The molecule has 1 aromatic heterocycles. The number of para-hydroxylation sites is 1. The highest BCUT2D eigenvalue weighted by Gasteiger charge is 2.24. The Morgan fingerprint density at radius 3 is 2.79 bits per heavy atom. The first-order chi connectivity index (χ1) is 14.0. The van der Waals surface area contributed by atoms with Crippen molar-refractivity contribution in [3.63, 3.8) is 0 Å². The van der Waals surface area contributed by atoms with E-state index in [2.05, 4.69) is 4.98 Å². The van der Waals surface area contributed by atoms with Crippen LogP contribution in [-0.4, -0.2) is 40.2 Å². The zero-order valence-corrected chi connectivity index (χ0v) is 16.2. The van der Waals surface area contributed by atoms with Gasteiger partial charge in [-0.2, -0.15) is 0 Å². The van der Waals surface area contributed by atoms with E-state index in [0.29, 0.717) is 24.1 Å². The lowest BCUT2D eigenvalue weighted by Crippen LogP contribution is -2.25. The van der Waals surface area contributed by atoms with Crippen LogP contribution in [0, 0.1) is 0 Å². The van der Waals surface area contributed by atoms with Gasteiger partial charge in [-0.1, -0.05) is 30.3 Å². The number of aromatic nitrogens is 1. The van der Waals surface area contributed by atoms with Crippen LogP contribution in [0.3, 0.4) is 0 Å². The summed E-state index contributed by atoms with van der Waals surface area (Å²) in [5, 5.41) is 0.803. The average Bonchev–Trinajstić information content (AvgIpc) is 3.34. The van der Waals surface area contributed by atoms with Crippen LogP contribution in [0.4, 0.5) is 0 Å². The van der Waals surface area contributed by atoms with Crippen LogP contribution in [0.25, 0.3) is 10.9 Å². The van der Waals surface area contributed by atoms with Crippen molar-refractivity contribution >= 4 is 28.6 Å². The normalized spacial score (nSPS) is 14.9. The van der Waals surface area contributed by atoms with Crippen LogP contribution in [0.1, 0.15) is 46.0 Å². The SMILES string of the molecule is CC(OC(=O)c1cccc(CN2CCCC2=O)c1)C(=O)c1c[nH]c2ccccc12. The number of amides is 1. The van der Waals surface area contributed by atoms with Gasteiger partial charge in [0.25, 0.3) is 0 Å². The van der Waals surface area contributed by atoms with E-state index in [-0.39, 0.29) is 11.7 Å². The largest absolute Gasteiger partial charge is 0.451 e. The van der Waals surface area contributed by atoms with Crippen molar-refractivity contribution in [2.24, 2.45) is 0 Å².